The molecule has 0 aromatic carbocycles. The van der Waals surface area contributed by atoms with Gasteiger partial charge in [0.05, 0.1) is 0 Å². The summed E-state index contributed by atoms with van der Waals surface area (Å²) >= 11 is 0. The Morgan fingerprint density at radius 1 is 1.40 bits per heavy atom. The smallest absolute Gasteiger partial charge is 0.292 e. The summed E-state index contributed by atoms with van der Waals surface area (Å²) in [5.41, 5.74) is 0. The Hall–Kier alpha value is 0.0249. The van der Waals surface area contributed by atoms with Crippen molar-refractivity contribution in [3.8, 4) is 0 Å². The van der Waals surface area contributed by atoms with Crippen molar-refractivity contribution in [3.05, 3.63) is 0 Å². The first-order valence-electron chi connectivity index (χ1n) is 4.28. The maximum atomic E-state index is 5.30. The van der Waals surface area contributed by atoms with Crippen molar-refractivity contribution in [2.24, 2.45) is 5.92 Å². The molecule has 1 aliphatic carbocycles. The van der Waals surface area contributed by atoms with E-state index in [9.17, 15) is 0 Å². The highest BCUT2D eigenvalue weighted by molar-refractivity contribution is 6.52. The van der Waals surface area contributed by atoms with Gasteiger partial charge in [-0.1, -0.05) is 33.0 Å². The summed E-state index contributed by atoms with van der Waals surface area (Å²) in [6, 6.07) is 0. The van der Waals surface area contributed by atoms with Gasteiger partial charge >= 0.3 is 0 Å². The first-order valence-corrected chi connectivity index (χ1v) is 4.28. The van der Waals surface area contributed by atoms with Crippen molar-refractivity contribution in [1.29, 1.82) is 0 Å². The summed E-state index contributed by atoms with van der Waals surface area (Å²) in [6.07, 6.45) is 4.17. The zero-order valence-electron chi connectivity index (χ0n) is 7.26. The topological polar surface area (TPSA) is 9.23 Å². The average Bonchev–Trinajstić information content (AvgIpc) is 2.34. The number of rotatable bonds is 2. The van der Waals surface area contributed by atoms with E-state index in [0.29, 0.717) is 6.92 Å². The van der Waals surface area contributed by atoms with E-state index in [1.807, 2.05) is 7.11 Å². The molecule has 0 N–H and O–H groups in total. The van der Waals surface area contributed by atoms with Gasteiger partial charge in [0.15, 0.2) is 0 Å². The van der Waals surface area contributed by atoms with Crippen LogP contribution in [0.15, 0.2) is 0 Å². The van der Waals surface area contributed by atoms with Crippen molar-refractivity contribution in [3.63, 3.8) is 0 Å². The summed E-state index contributed by atoms with van der Waals surface area (Å²) in [5, 5.41) is 0. The lowest BCUT2D eigenvalue weighted by atomic mass is 9.55. The van der Waals surface area contributed by atoms with E-state index >= 15 is 0 Å². The van der Waals surface area contributed by atoms with Crippen LogP contribution in [0, 0.1) is 5.92 Å². The summed E-state index contributed by atoms with van der Waals surface area (Å²) in [7, 11) is 1.82. The molecule has 0 amide bonds. The molecule has 10 heavy (non-hydrogen) atoms. The molecule has 1 nitrogen and oxygen atoms in total. The highest BCUT2D eigenvalue weighted by Crippen LogP contribution is 2.38. The van der Waals surface area contributed by atoms with Gasteiger partial charge in [0.2, 0.25) is 0 Å². The second-order valence-electron chi connectivity index (χ2n) is 3.51. The molecule has 1 fully saturated rings. The molecule has 0 saturated heterocycles. The van der Waals surface area contributed by atoms with Gasteiger partial charge in [0, 0.05) is 7.11 Å². The molecule has 2 unspecified atom stereocenters. The maximum absolute atomic E-state index is 5.30. The van der Waals surface area contributed by atoms with Gasteiger partial charge in [-0.15, -0.1) is 0 Å². The summed E-state index contributed by atoms with van der Waals surface area (Å²) in [4.78, 5) is 0. The normalized spacial score (nSPS) is 32.7. The van der Waals surface area contributed by atoms with Crippen LogP contribution in [-0.2, 0) is 4.65 Å². The molecule has 58 valence electrons. The Bertz CT molecular complexity index is 105. The Morgan fingerprint density at radius 3 is 2.50 bits per heavy atom. The molecule has 1 saturated carbocycles. The van der Waals surface area contributed by atoms with Crippen LogP contribution in [0.2, 0.25) is 12.6 Å². The molecule has 2 atom stereocenters. The number of hydrogen-bond acceptors (Lipinski definition) is 1. The lowest BCUT2D eigenvalue weighted by Gasteiger charge is -2.17. The van der Waals surface area contributed by atoms with Crippen LogP contribution >= 0.6 is 0 Å². The third-order valence-electron chi connectivity index (χ3n) is 2.90. The van der Waals surface area contributed by atoms with Gasteiger partial charge in [0.1, 0.15) is 0 Å². The highest BCUT2D eigenvalue weighted by Gasteiger charge is 2.30. The molecule has 1 rings (SSSR count). The summed E-state index contributed by atoms with van der Waals surface area (Å²) in [6.45, 7) is 5.00. The molecule has 0 radical (unpaired) electrons. The van der Waals surface area contributed by atoms with Gasteiger partial charge in [-0.05, 0) is 11.7 Å². The van der Waals surface area contributed by atoms with Gasteiger partial charge in [-0.3, -0.25) is 0 Å². The van der Waals surface area contributed by atoms with Gasteiger partial charge in [-0.2, -0.15) is 0 Å². The molecule has 0 aromatic rings. The second-order valence-corrected chi connectivity index (χ2v) is 3.51. The predicted octanol–water partition coefficient (Wildman–Crippen LogP) is 2.44. The summed E-state index contributed by atoms with van der Waals surface area (Å²) in [5.74, 6) is 1.71. The van der Waals surface area contributed by atoms with Crippen molar-refractivity contribution < 1.29 is 4.65 Å². The zero-order chi connectivity index (χ0) is 7.56. The Balaban J connectivity index is 2.38. The monoisotopic (exact) mass is 140 g/mol. The van der Waals surface area contributed by atoms with E-state index < -0.39 is 0 Å². The maximum Gasteiger partial charge on any atom is 0.292 e. The van der Waals surface area contributed by atoms with Crippen LogP contribution < -0.4 is 0 Å². The quantitative estimate of drug-likeness (QED) is 0.535. The number of hydrogen-bond donors (Lipinski definition) is 0. The van der Waals surface area contributed by atoms with E-state index in [-0.39, 0.29) is 0 Å². The molecule has 2 heteroatoms. The first-order chi connectivity index (χ1) is 4.75. The standard InChI is InChI=1S/C8H17BO/c1-7-5-4-6-8(7)9(2)10-3/h7-8H,4-6H2,1-3H3. The van der Waals surface area contributed by atoms with Crippen LogP contribution in [0.1, 0.15) is 26.2 Å². The van der Waals surface area contributed by atoms with E-state index in [2.05, 4.69) is 13.7 Å². The third kappa shape index (κ3) is 1.54. The highest BCUT2D eigenvalue weighted by atomic mass is 16.4. The molecule has 0 heterocycles. The second kappa shape index (κ2) is 3.43. The fourth-order valence-corrected chi connectivity index (χ4v) is 2.05. The minimum atomic E-state index is 0.470. The molecule has 0 spiro atoms. The van der Waals surface area contributed by atoms with E-state index in [0.717, 1.165) is 11.7 Å². The Morgan fingerprint density at radius 2 is 2.10 bits per heavy atom. The van der Waals surface area contributed by atoms with Crippen LogP contribution in [0.5, 0.6) is 0 Å². The molecule has 1 aliphatic rings. The average molecular weight is 140 g/mol. The van der Waals surface area contributed by atoms with Crippen molar-refractivity contribution >= 4 is 6.92 Å². The fraction of sp³-hybridized carbons (Fsp3) is 1.00. The van der Waals surface area contributed by atoms with Gasteiger partial charge < -0.3 is 4.65 Å². The van der Waals surface area contributed by atoms with E-state index in [1.165, 1.54) is 19.3 Å². The van der Waals surface area contributed by atoms with E-state index in [1.54, 1.807) is 0 Å². The summed E-state index contributed by atoms with van der Waals surface area (Å²) < 4.78 is 5.30. The van der Waals surface area contributed by atoms with Crippen LogP contribution in [0.4, 0.5) is 0 Å². The lowest BCUT2D eigenvalue weighted by Crippen LogP contribution is -2.20. The van der Waals surface area contributed by atoms with Gasteiger partial charge in [0.25, 0.3) is 6.92 Å². The molecule has 0 aliphatic heterocycles. The molecule has 0 bridgehead atoms. The molecule has 0 aromatic heterocycles. The van der Waals surface area contributed by atoms with E-state index in [4.69, 9.17) is 4.65 Å². The fourth-order valence-electron chi connectivity index (χ4n) is 2.05. The SMILES string of the molecule is COB(C)C1CCCC1C. The lowest BCUT2D eigenvalue weighted by molar-refractivity contribution is 0.398. The minimum absolute atomic E-state index is 0.470. The van der Waals surface area contributed by atoms with Gasteiger partial charge in [-0.25, -0.2) is 0 Å². The van der Waals surface area contributed by atoms with Crippen molar-refractivity contribution in [2.75, 3.05) is 7.11 Å². The van der Waals surface area contributed by atoms with Crippen molar-refractivity contribution in [1.82, 2.24) is 0 Å². The third-order valence-corrected chi connectivity index (χ3v) is 2.90. The predicted molar refractivity (Wildman–Crippen MR) is 45.4 cm³/mol. The van der Waals surface area contributed by atoms with Crippen LogP contribution in [0.25, 0.3) is 0 Å². The minimum Gasteiger partial charge on any atom is -0.438 e. The largest absolute Gasteiger partial charge is 0.438 e. The first kappa shape index (κ1) is 8.12. The Kier molecular flexibility index (Phi) is 2.78. The van der Waals surface area contributed by atoms with Crippen LogP contribution in [-0.4, -0.2) is 14.0 Å². The van der Waals surface area contributed by atoms with Crippen LogP contribution in [0.3, 0.4) is 0 Å². The molecular weight excluding hydrogens is 123 g/mol. The zero-order valence-corrected chi connectivity index (χ0v) is 7.26. The molecular formula is C8H17BO. The Labute approximate surface area is 64.3 Å². The van der Waals surface area contributed by atoms with Crippen molar-refractivity contribution in [2.45, 2.75) is 38.8 Å².